The molecule has 0 unspecified atom stereocenters. The second-order valence-electron chi connectivity index (χ2n) is 9.05. The molecule has 1 saturated heterocycles. The predicted octanol–water partition coefficient (Wildman–Crippen LogP) is 3.99. The molecule has 11 heteroatoms. The number of sulfonamides is 1. The number of thiophene rings is 1. The zero-order chi connectivity index (χ0) is 23.9. The quantitative estimate of drug-likeness (QED) is 0.517. The molecule has 3 aromatic rings. The first kappa shape index (κ1) is 23.3. The molecule has 0 aromatic carbocycles. The van der Waals surface area contributed by atoms with Gasteiger partial charge in [-0.15, -0.1) is 11.3 Å². The minimum absolute atomic E-state index is 0.157. The number of hydrogen-bond donors (Lipinski definition) is 1. The molecule has 0 bridgehead atoms. The molecule has 2 aliphatic rings. The van der Waals surface area contributed by atoms with Crippen molar-refractivity contribution in [1.29, 1.82) is 0 Å². The summed E-state index contributed by atoms with van der Waals surface area (Å²) in [7, 11) is -3.75. The maximum absolute atomic E-state index is 13.5. The summed E-state index contributed by atoms with van der Waals surface area (Å²) in [6.07, 6.45) is 4.55. The predicted molar refractivity (Wildman–Crippen MR) is 126 cm³/mol. The third-order valence-corrected chi connectivity index (χ3v) is 9.76. The summed E-state index contributed by atoms with van der Waals surface area (Å²) < 4.78 is 39.3. The Bertz CT molecular complexity index is 1290. The number of nitrogens with one attached hydrogen (secondary N) is 1. The Hall–Kier alpha value is -2.50. The van der Waals surface area contributed by atoms with Gasteiger partial charge in [-0.1, -0.05) is 11.6 Å². The Labute approximate surface area is 202 Å². The maximum Gasteiger partial charge on any atom is 0.244 e. The summed E-state index contributed by atoms with van der Waals surface area (Å²) in [4.78, 5) is 18.8. The molecule has 1 aliphatic carbocycles. The van der Waals surface area contributed by atoms with Crippen LogP contribution in [0.15, 0.2) is 32.0 Å². The van der Waals surface area contributed by atoms with Gasteiger partial charge < -0.3 is 14.3 Å². The van der Waals surface area contributed by atoms with E-state index in [1.165, 1.54) is 22.1 Å². The van der Waals surface area contributed by atoms with Crippen LogP contribution < -0.4 is 5.32 Å². The number of rotatable bonds is 7. The fourth-order valence-electron chi connectivity index (χ4n) is 4.40. The number of piperidine rings is 1. The van der Waals surface area contributed by atoms with Gasteiger partial charge in [0.15, 0.2) is 0 Å². The lowest BCUT2D eigenvalue weighted by molar-refractivity contribution is -0.126. The van der Waals surface area contributed by atoms with Gasteiger partial charge in [-0.25, -0.2) is 8.42 Å². The van der Waals surface area contributed by atoms with Gasteiger partial charge in [0.25, 0.3) is 0 Å². The van der Waals surface area contributed by atoms with Crippen molar-refractivity contribution in [2.24, 2.45) is 5.92 Å². The van der Waals surface area contributed by atoms with Gasteiger partial charge >= 0.3 is 0 Å². The first-order valence-electron chi connectivity index (χ1n) is 11.6. The van der Waals surface area contributed by atoms with Crippen molar-refractivity contribution in [2.45, 2.75) is 63.3 Å². The van der Waals surface area contributed by atoms with Crippen molar-refractivity contribution in [3.8, 4) is 10.7 Å². The summed E-state index contributed by atoms with van der Waals surface area (Å²) in [6, 6.07) is 5.30. The van der Waals surface area contributed by atoms with Gasteiger partial charge in [0.05, 0.1) is 22.2 Å². The third kappa shape index (κ3) is 4.56. The minimum Gasteiger partial charge on any atom is -0.465 e. The fraction of sp³-hybridized carbons (Fsp3) is 0.522. The molecule has 34 heavy (non-hydrogen) atoms. The zero-order valence-electron chi connectivity index (χ0n) is 19.2. The van der Waals surface area contributed by atoms with Crippen LogP contribution in [-0.2, 0) is 21.4 Å². The average Bonchev–Trinajstić information content (AvgIpc) is 3.51. The summed E-state index contributed by atoms with van der Waals surface area (Å²) in [5, 5.41) is 6.95. The van der Waals surface area contributed by atoms with Gasteiger partial charge in [-0.05, 0) is 57.7 Å². The van der Waals surface area contributed by atoms with Gasteiger partial charge in [-0.2, -0.15) is 9.29 Å². The maximum atomic E-state index is 13.5. The molecule has 1 amide bonds. The van der Waals surface area contributed by atoms with E-state index in [0.717, 1.165) is 18.6 Å². The summed E-state index contributed by atoms with van der Waals surface area (Å²) in [5.41, 5.74) is 0. The van der Waals surface area contributed by atoms with Crippen LogP contribution in [0, 0.1) is 19.8 Å². The van der Waals surface area contributed by atoms with E-state index >= 15 is 0 Å². The number of furan rings is 1. The van der Waals surface area contributed by atoms with Crippen molar-refractivity contribution in [2.75, 3.05) is 13.1 Å². The smallest absolute Gasteiger partial charge is 0.244 e. The van der Waals surface area contributed by atoms with E-state index in [-0.39, 0.29) is 23.9 Å². The number of carbonyl (C=O) groups excluding carboxylic acids is 1. The third-order valence-electron chi connectivity index (χ3n) is 6.59. The van der Waals surface area contributed by atoms with Crippen LogP contribution in [0.25, 0.3) is 10.7 Å². The lowest BCUT2D eigenvalue weighted by Gasteiger charge is -2.31. The largest absolute Gasteiger partial charge is 0.465 e. The van der Waals surface area contributed by atoms with E-state index in [1.807, 2.05) is 19.1 Å². The summed E-state index contributed by atoms with van der Waals surface area (Å²) in [5.74, 6) is 2.28. The van der Waals surface area contributed by atoms with E-state index in [9.17, 15) is 13.2 Å². The average molecular weight is 505 g/mol. The number of hydrogen-bond acceptors (Lipinski definition) is 8. The van der Waals surface area contributed by atoms with Crippen LogP contribution >= 0.6 is 11.3 Å². The Morgan fingerprint density at radius 2 is 2.06 bits per heavy atom. The number of amides is 1. The SMILES string of the molecule is Cc1ccc(CNC(=O)[C@@H]2CCCN(S(=O)(=O)c3cc(-c4noc(C5CCC5)n4)sc3C)C2)o1. The highest BCUT2D eigenvalue weighted by atomic mass is 32.2. The number of aryl methyl sites for hydroxylation is 2. The Morgan fingerprint density at radius 1 is 1.24 bits per heavy atom. The Kier molecular flexibility index (Phi) is 6.34. The van der Waals surface area contributed by atoms with Gasteiger partial charge in [-0.3, -0.25) is 4.79 Å². The van der Waals surface area contributed by atoms with E-state index in [1.54, 1.807) is 13.0 Å². The molecule has 2 fully saturated rings. The highest BCUT2D eigenvalue weighted by Crippen LogP contribution is 2.38. The Morgan fingerprint density at radius 3 is 2.76 bits per heavy atom. The molecule has 5 rings (SSSR count). The van der Waals surface area contributed by atoms with Gasteiger partial charge in [0, 0.05) is 23.9 Å². The van der Waals surface area contributed by atoms with Crippen LogP contribution in [0.2, 0.25) is 0 Å². The molecule has 0 radical (unpaired) electrons. The van der Waals surface area contributed by atoms with Gasteiger partial charge in [0.1, 0.15) is 11.5 Å². The van der Waals surface area contributed by atoms with E-state index in [0.29, 0.717) is 52.5 Å². The van der Waals surface area contributed by atoms with Crippen molar-refractivity contribution in [3.63, 3.8) is 0 Å². The number of carbonyl (C=O) groups is 1. The van der Waals surface area contributed by atoms with Crippen molar-refractivity contribution >= 4 is 27.3 Å². The summed E-state index contributed by atoms with van der Waals surface area (Å²) in [6.45, 7) is 4.47. The molecule has 9 nitrogen and oxygen atoms in total. The molecule has 1 saturated carbocycles. The van der Waals surface area contributed by atoms with Crippen LogP contribution in [0.5, 0.6) is 0 Å². The molecule has 1 aliphatic heterocycles. The van der Waals surface area contributed by atoms with E-state index < -0.39 is 15.9 Å². The highest BCUT2D eigenvalue weighted by Gasteiger charge is 2.35. The minimum atomic E-state index is -3.75. The van der Waals surface area contributed by atoms with Crippen LogP contribution in [0.1, 0.15) is 60.3 Å². The number of aromatic nitrogens is 2. The van der Waals surface area contributed by atoms with Crippen LogP contribution in [0.3, 0.4) is 0 Å². The zero-order valence-corrected chi connectivity index (χ0v) is 20.9. The second-order valence-corrected chi connectivity index (χ2v) is 12.2. The molecule has 1 atom stereocenters. The van der Waals surface area contributed by atoms with Gasteiger partial charge in [0.2, 0.25) is 27.6 Å². The normalized spacial score (nSPS) is 19.8. The monoisotopic (exact) mass is 504 g/mol. The fourth-order valence-corrected chi connectivity index (χ4v) is 7.41. The van der Waals surface area contributed by atoms with Crippen molar-refractivity contribution in [1.82, 2.24) is 19.8 Å². The van der Waals surface area contributed by atoms with Crippen molar-refractivity contribution < 1.29 is 22.2 Å². The molecule has 0 spiro atoms. The topological polar surface area (TPSA) is 119 Å². The molecular weight excluding hydrogens is 476 g/mol. The van der Waals surface area contributed by atoms with E-state index in [2.05, 4.69) is 15.5 Å². The van der Waals surface area contributed by atoms with Crippen molar-refractivity contribution in [3.05, 3.63) is 40.5 Å². The molecule has 1 N–H and O–H groups in total. The standard InChI is InChI=1S/C23H28N4O5S2/c1-14-8-9-18(31-14)12-24-22(28)17-7-4-10-27(13-17)34(29,30)20-11-19(33-15(20)2)21-25-23(32-26-21)16-5-3-6-16/h8-9,11,16-17H,3-7,10,12-13H2,1-2H3,(H,24,28)/t17-/m1/s1. The van der Waals surface area contributed by atoms with Crippen LogP contribution in [0.4, 0.5) is 0 Å². The lowest BCUT2D eigenvalue weighted by Crippen LogP contribution is -2.45. The number of nitrogens with zero attached hydrogens (tertiary/aromatic N) is 3. The molecule has 4 heterocycles. The molecule has 182 valence electrons. The van der Waals surface area contributed by atoms with Crippen LogP contribution in [-0.4, -0.2) is 41.9 Å². The van der Waals surface area contributed by atoms with E-state index in [4.69, 9.17) is 8.94 Å². The molecular formula is C23H28N4O5S2. The first-order chi connectivity index (χ1) is 16.3. The highest BCUT2D eigenvalue weighted by molar-refractivity contribution is 7.89. The Balaban J connectivity index is 1.28. The lowest BCUT2D eigenvalue weighted by atomic mass is 9.85. The molecule has 3 aromatic heterocycles. The first-order valence-corrected chi connectivity index (χ1v) is 13.8. The second kappa shape index (κ2) is 9.27. The summed E-state index contributed by atoms with van der Waals surface area (Å²) >= 11 is 1.34.